The molecule has 0 bridgehead atoms. The largest absolute Gasteiger partial charge is 0.497 e. The predicted molar refractivity (Wildman–Crippen MR) is 103 cm³/mol. The van der Waals surface area contributed by atoms with Crippen molar-refractivity contribution in [1.29, 1.82) is 0 Å². The summed E-state index contributed by atoms with van der Waals surface area (Å²) in [6.07, 6.45) is 5.62. The molecule has 0 unspecified atom stereocenters. The molecule has 2 aromatic carbocycles. The smallest absolute Gasteiger partial charge is 0.225 e. The molecule has 0 radical (unpaired) electrons. The van der Waals surface area contributed by atoms with Crippen LogP contribution in [0.25, 0.3) is 5.69 Å². The number of hydrogen-bond donors (Lipinski definition) is 1. The van der Waals surface area contributed by atoms with Crippen molar-refractivity contribution in [3.05, 3.63) is 72.3 Å². The van der Waals surface area contributed by atoms with Crippen LogP contribution in [0.1, 0.15) is 24.1 Å². The van der Waals surface area contributed by atoms with Gasteiger partial charge in [0.2, 0.25) is 5.91 Å². The number of aromatic nitrogens is 2. The molecule has 0 saturated heterocycles. The van der Waals surface area contributed by atoms with E-state index >= 15 is 0 Å². The van der Waals surface area contributed by atoms with Gasteiger partial charge in [0, 0.05) is 29.7 Å². The van der Waals surface area contributed by atoms with Crippen molar-refractivity contribution in [1.82, 2.24) is 14.9 Å². The van der Waals surface area contributed by atoms with E-state index in [2.05, 4.69) is 10.3 Å². The fourth-order valence-electron chi connectivity index (χ4n) is 2.89. The van der Waals surface area contributed by atoms with Gasteiger partial charge in [-0.1, -0.05) is 18.2 Å². The number of nitrogens with one attached hydrogen (secondary N) is 1. The van der Waals surface area contributed by atoms with E-state index < -0.39 is 0 Å². The molecular weight excluding hydrogens is 342 g/mol. The minimum Gasteiger partial charge on any atom is -0.497 e. The fourth-order valence-corrected chi connectivity index (χ4v) is 2.89. The fraction of sp³-hybridized carbons (Fsp3) is 0.238. The summed E-state index contributed by atoms with van der Waals surface area (Å²) in [7, 11) is 3.18. The Bertz CT molecular complexity index is 890. The van der Waals surface area contributed by atoms with Crippen LogP contribution in [0, 0.1) is 0 Å². The summed E-state index contributed by atoms with van der Waals surface area (Å²) < 4.78 is 12.5. The van der Waals surface area contributed by atoms with Gasteiger partial charge in [-0.2, -0.15) is 0 Å². The van der Waals surface area contributed by atoms with Crippen LogP contribution in [0.15, 0.2) is 61.2 Å². The molecule has 1 atom stereocenters. The maximum absolute atomic E-state index is 12.5. The number of imidazole rings is 1. The lowest BCUT2D eigenvalue weighted by molar-refractivity contribution is -0.121. The Morgan fingerprint density at radius 3 is 2.56 bits per heavy atom. The predicted octanol–water partition coefficient (Wildman–Crippen LogP) is 3.31. The summed E-state index contributed by atoms with van der Waals surface area (Å²) in [5.41, 5.74) is 2.88. The summed E-state index contributed by atoms with van der Waals surface area (Å²) in [5, 5.41) is 3.03. The van der Waals surface area contributed by atoms with Crippen LogP contribution in [-0.2, 0) is 11.2 Å². The lowest BCUT2D eigenvalue weighted by atomic mass is 10.1. The van der Waals surface area contributed by atoms with Gasteiger partial charge in [-0.3, -0.25) is 4.79 Å². The van der Waals surface area contributed by atoms with Crippen LogP contribution in [0.5, 0.6) is 11.5 Å². The van der Waals surface area contributed by atoms with Gasteiger partial charge in [0.15, 0.2) is 0 Å². The van der Waals surface area contributed by atoms with Crippen LogP contribution in [-0.4, -0.2) is 29.7 Å². The first-order chi connectivity index (χ1) is 13.1. The Balaban J connectivity index is 1.64. The number of ether oxygens (including phenoxy) is 2. The lowest BCUT2D eigenvalue weighted by Crippen LogP contribution is -2.28. The molecule has 1 N–H and O–H groups in total. The van der Waals surface area contributed by atoms with Crippen molar-refractivity contribution in [3.8, 4) is 17.2 Å². The van der Waals surface area contributed by atoms with Gasteiger partial charge < -0.3 is 19.4 Å². The van der Waals surface area contributed by atoms with Crippen molar-refractivity contribution in [2.75, 3.05) is 14.2 Å². The number of carbonyl (C=O) groups is 1. The molecule has 0 spiro atoms. The molecule has 3 rings (SSSR count). The van der Waals surface area contributed by atoms with Crippen molar-refractivity contribution < 1.29 is 14.3 Å². The van der Waals surface area contributed by atoms with E-state index in [0.717, 1.165) is 16.8 Å². The van der Waals surface area contributed by atoms with Crippen molar-refractivity contribution in [3.63, 3.8) is 0 Å². The Labute approximate surface area is 158 Å². The molecule has 0 aliphatic heterocycles. The maximum atomic E-state index is 12.5. The number of hydrogen-bond acceptors (Lipinski definition) is 4. The highest BCUT2D eigenvalue weighted by atomic mass is 16.5. The zero-order valence-corrected chi connectivity index (χ0v) is 15.7. The van der Waals surface area contributed by atoms with Gasteiger partial charge in [-0.25, -0.2) is 4.98 Å². The van der Waals surface area contributed by atoms with Gasteiger partial charge in [0.1, 0.15) is 11.5 Å². The zero-order chi connectivity index (χ0) is 19.2. The molecule has 0 saturated carbocycles. The summed E-state index contributed by atoms with van der Waals surface area (Å²) in [5.74, 6) is 1.27. The highest BCUT2D eigenvalue weighted by molar-refractivity contribution is 5.79. The Kier molecular flexibility index (Phi) is 5.76. The number of amides is 1. The van der Waals surface area contributed by atoms with Crippen molar-refractivity contribution in [2.24, 2.45) is 0 Å². The highest BCUT2D eigenvalue weighted by Crippen LogP contribution is 2.25. The van der Waals surface area contributed by atoms with Crippen LogP contribution in [0.3, 0.4) is 0 Å². The van der Waals surface area contributed by atoms with E-state index in [1.165, 1.54) is 0 Å². The minimum absolute atomic E-state index is 0.0651. The second kappa shape index (κ2) is 8.40. The normalized spacial score (nSPS) is 11.7. The van der Waals surface area contributed by atoms with Crippen molar-refractivity contribution >= 4 is 5.91 Å². The first-order valence-electron chi connectivity index (χ1n) is 8.69. The summed E-state index contributed by atoms with van der Waals surface area (Å²) >= 11 is 0. The van der Waals surface area contributed by atoms with Gasteiger partial charge in [0.25, 0.3) is 0 Å². The molecule has 140 valence electrons. The molecule has 1 amide bonds. The third-order valence-corrected chi connectivity index (χ3v) is 4.42. The highest BCUT2D eigenvalue weighted by Gasteiger charge is 2.13. The molecule has 3 aromatic rings. The number of methoxy groups -OCH3 is 2. The van der Waals surface area contributed by atoms with Crippen LogP contribution >= 0.6 is 0 Å². The van der Waals surface area contributed by atoms with Gasteiger partial charge in [-0.05, 0) is 30.7 Å². The summed E-state index contributed by atoms with van der Waals surface area (Å²) in [6, 6.07) is 13.4. The van der Waals surface area contributed by atoms with Crippen molar-refractivity contribution in [2.45, 2.75) is 19.4 Å². The molecule has 27 heavy (non-hydrogen) atoms. The van der Waals surface area contributed by atoms with E-state index in [1.807, 2.05) is 54.1 Å². The summed E-state index contributed by atoms with van der Waals surface area (Å²) in [6.45, 7) is 1.97. The van der Waals surface area contributed by atoms with E-state index in [1.54, 1.807) is 32.8 Å². The SMILES string of the molecule is COc1ccc(CC(=O)N[C@H](C)c2ccc(-n3ccnc3)cc2)c(OC)c1. The topological polar surface area (TPSA) is 65.4 Å². The van der Waals surface area contributed by atoms with E-state index in [-0.39, 0.29) is 18.4 Å². The number of benzene rings is 2. The molecule has 6 heteroatoms. The van der Waals surface area contributed by atoms with Gasteiger partial charge >= 0.3 is 0 Å². The van der Waals surface area contributed by atoms with Gasteiger partial charge in [0.05, 0.1) is 33.0 Å². The second-order valence-electron chi connectivity index (χ2n) is 6.21. The Morgan fingerprint density at radius 1 is 1.15 bits per heavy atom. The van der Waals surface area contributed by atoms with Crippen LogP contribution in [0.4, 0.5) is 0 Å². The summed E-state index contributed by atoms with van der Waals surface area (Å²) in [4.78, 5) is 16.5. The minimum atomic E-state index is -0.0985. The third-order valence-electron chi connectivity index (χ3n) is 4.42. The zero-order valence-electron chi connectivity index (χ0n) is 15.7. The van der Waals surface area contributed by atoms with Gasteiger partial charge in [-0.15, -0.1) is 0 Å². The number of nitrogens with zero attached hydrogens (tertiary/aromatic N) is 2. The lowest BCUT2D eigenvalue weighted by Gasteiger charge is -2.16. The Morgan fingerprint density at radius 2 is 1.93 bits per heavy atom. The average molecular weight is 365 g/mol. The molecule has 6 nitrogen and oxygen atoms in total. The molecule has 0 fully saturated rings. The maximum Gasteiger partial charge on any atom is 0.225 e. The number of rotatable bonds is 7. The molecule has 1 aromatic heterocycles. The number of carbonyl (C=O) groups excluding carboxylic acids is 1. The quantitative estimate of drug-likeness (QED) is 0.698. The van der Waals surface area contributed by atoms with E-state index in [4.69, 9.17) is 9.47 Å². The first-order valence-corrected chi connectivity index (χ1v) is 8.69. The Hall–Kier alpha value is -3.28. The first kappa shape index (κ1) is 18.5. The monoisotopic (exact) mass is 365 g/mol. The third kappa shape index (κ3) is 4.47. The van der Waals surface area contributed by atoms with Crippen LogP contribution < -0.4 is 14.8 Å². The molecule has 0 aliphatic carbocycles. The van der Waals surface area contributed by atoms with E-state index in [0.29, 0.717) is 11.5 Å². The average Bonchev–Trinajstić information content (AvgIpc) is 3.23. The second-order valence-corrected chi connectivity index (χ2v) is 6.21. The van der Waals surface area contributed by atoms with E-state index in [9.17, 15) is 4.79 Å². The standard InChI is InChI=1S/C21H23N3O3/c1-15(16-4-7-18(8-5-16)24-11-10-22-14-24)23-21(25)12-17-6-9-19(26-2)13-20(17)27-3/h4-11,13-15H,12H2,1-3H3,(H,23,25)/t15-/m1/s1. The molecule has 0 aliphatic rings. The molecule has 1 heterocycles. The molecular formula is C21H23N3O3. The van der Waals surface area contributed by atoms with Crippen LogP contribution in [0.2, 0.25) is 0 Å².